The molecule has 2 rings (SSSR count). The molecule has 1 aliphatic heterocycles. The van der Waals surface area contributed by atoms with E-state index in [1.54, 1.807) is 45.2 Å². The maximum Gasteiger partial charge on any atom is 0.405 e. The first-order valence-electron chi connectivity index (χ1n) is 12.6. The third kappa shape index (κ3) is 8.87. The van der Waals surface area contributed by atoms with E-state index in [1.807, 2.05) is 19.9 Å². The van der Waals surface area contributed by atoms with Crippen LogP contribution < -0.4 is 11.1 Å². The third-order valence-electron chi connectivity index (χ3n) is 6.88. The van der Waals surface area contributed by atoms with Crippen molar-refractivity contribution < 1.29 is 34.0 Å². The number of anilines is 1. The number of ether oxygens (including phenoxy) is 3. The van der Waals surface area contributed by atoms with Crippen LogP contribution in [-0.4, -0.2) is 60.8 Å². The van der Waals surface area contributed by atoms with Gasteiger partial charge in [0.2, 0.25) is 0 Å². The fraction of sp³-hybridized carbons (Fsp3) is 0.571. The van der Waals surface area contributed by atoms with Crippen molar-refractivity contribution in [2.45, 2.75) is 77.8 Å². The number of phenols is 1. The zero-order valence-corrected chi connectivity index (χ0v) is 22.7. The summed E-state index contributed by atoms with van der Waals surface area (Å²) in [5.41, 5.74) is 7.85. The number of nitrogens with one attached hydrogen (secondary N) is 1. The highest BCUT2D eigenvalue weighted by Crippen LogP contribution is 2.29. The molecule has 9 heteroatoms. The molecule has 1 aliphatic rings. The molecule has 6 atom stereocenters. The molecular weight excluding hydrogens is 476 g/mol. The van der Waals surface area contributed by atoms with Gasteiger partial charge in [0.1, 0.15) is 5.75 Å². The summed E-state index contributed by atoms with van der Waals surface area (Å²) in [4.78, 5) is 24.4. The van der Waals surface area contributed by atoms with Crippen molar-refractivity contribution in [3.05, 3.63) is 47.1 Å². The van der Waals surface area contributed by atoms with Crippen LogP contribution in [-0.2, 0) is 25.4 Å². The summed E-state index contributed by atoms with van der Waals surface area (Å²) in [6, 6.07) is 4.99. The number of aliphatic hydroxyl groups excluding tert-OH is 1. The predicted molar refractivity (Wildman–Crippen MR) is 142 cm³/mol. The standard InChI is InChI=1S/C28H42N2O7/c1-16-12-20-15-21(10-11-22(20)31)30-27(33)17(2)8-7-9-23(35-5)26(37-28(29)34)19(4)14-18(3)25(32)24(13-16)36-6/h8,10-11,14-16,18,23-26,31-32H,7,9,12-13H2,1-6H3,(H2,29,34)(H,30,33)/b17-8+,19-14+/t16-,18?,23?,24?,25?,26?/m1/s1. The highest BCUT2D eigenvalue weighted by molar-refractivity contribution is 6.03. The molecule has 5 N–H and O–H groups in total. The minimum atomic E-state index is -0.925. The number of aliphatic hydroxyl groups is 1. The molecule has 2 amide bonds. The summed E-state index contributed by atoms with van der Waals surface area (Å²) in [5, 5.41) is 24.4. The van der Waals surface area contributed by atoms with Gasteiger partial charge < -0.3 is 35.5 Å². The van der Waals surface area contributed by atoms with Crippen LogP contribution in [0.3, 0.4) is 0 Å². The van der Waals surface area contributed by atoms with E-state index in [9.17, 15) is 19.8 Å². The van der Waals surface area contributed by atoms with Crippen molar-refractivity contribution in [3.8, 4) is 5.75 Å². The molecular formula is C28H42N2O7. The van der Waals surface area contributed by atoms with Gasteiger partial charge in [-0.15, -0.1) is 0 Å². The molecule has 5 unspecified atom stereocenters. The molecule has 0 spiro atoms. The Kier molecular flexibility index (Phi) is 11.6. The normalized spacial score (nSPS) is 31.4. The molecule has 0 saturated heterocycles. The maximum absolute atomic E-state index is 12.8. The van der Waals surface area contributed by atoms with Crippen LogP contribution in [0, 0.1) is 11.8 Å². The number of methoxy groups -OCH3 is 2. The highest BCUT2D eigenvalue weighted by atomic mass is 16.6. The number of benzene rings is 1. The van der Waals surface area contributed by atoms with Gasteiger partial charge in [0, 0.05) is 31.4 Å². The predicted octanol–water partition coefficient (Wildman–Crippen LogP) is 4.08. The number of hydrogen-bond acceptors (Lipinski definition) is 7. The SMILES string of the molecule is COC1CC/C=C(\C)C(=O)Nc2ccc(O)c(c2)C[C@@H](C)CC(OC)C(O)C(C)/C=C(\C)C1OC(N)=O. The van der Waals surface area contributed by atoms with Gasteiger partial charge in [-0.3, -0.25) is 4.79 Å². The van der Waals surface area contributed by atoms with Crippen LogP contribution in [0.5, 0.6) is 5.75 Å². The number of carbonyl (C=O) groups is 2. The second-order valence-electron chi connectivity index (χ2n) is 9.97. The first-order valence-corrected chi connectivity index (χ1v) is 12.6. The van der Waals surface area contributed by atoms with Crippen LogP contribution in [0.4, 0.5) is 10.5 Å². The van der Waals surface area contributed by atoms with Crippen molar-refractivity contribution in [3.63, 3.8) is 0 Å². The zero-order valence-electron chi connectivity index (χ0n) is 22.7. The van der Waals surface area contributed by atoms with E-state index in [4.69, 9.17) is 19.9 Å². The molecule has 2 bridgehead atoms. The fourth-order valence-corrected chi connectivity index (χ4v) is 4.77. The Bertz CT molecular complexity index is 991. The largest absolute Gasteiger partial charge is 0.508 e. The van der Waals surface area contributed by atoms with E-state index in [1.165, 1.54) is 7.11 Å². The molecule has 1 aromatic rings. The topological polar surface area (TPSA) is 140 Å². The summed E-state index contributed by atoms with van der Waals surface area (Å²) in [6.45, 7) is 7.42. The van der Waals surface area contributed by atoms with Gasteiger partial charge >= 0.3 is 6.09 Å². The third-order valence-corrected chi connectivity index (χ3v) is 6.88. The molecule has 0 aliphatic carbocycles. The molecule has 37 heavy (non-hydrogen) atoms. The highest BCUT2D eigenvalue weighted by Gasteiger charge is 2.30. The Balaban J connectivity index is 2.47. The number of rotatable bonds is 3. The Morgan fingerprint density at radius 1 is 1.14 bits per heavy atom. The quantitative estimate of drug-likeness (QED) is 0.349. The second-order valence-corrected chi connectivity index (χ2v) is 9.97. The number of aromatic hydroxyl groups is 1. The fourth-order valence-electron chi connectivity index (χ4n) is 4.77. The first-order chi connectivity index (χ1) is 17.5. The van der Waals surface area contributed by atoms with Gasteiger partial charge in [0.05, 0.1) is 18.3 Å². The summed E-state index contributed by atoms with van der Waals surface area (Å²) in [6.07, 6.45) is 2.17. The lowest BCUT2D eigenvalue weighted by Gasteiger charge is -2.30. The number of fused-ring (bicyclic) bond motifs is 2. The Hall–Kier alpha value is -2.88. The van der Waals surface area contributed by atoms with Crippen LogP contribution in [0.25, 0.3) is 0 Å². The minimum absolute atomic E-state index is 0.0567. The van der Waals surface area contributed by atoms with Crippen LogP contribution in [0.15, 0.2) is 41.5 Å². The van der Waals surface area contributed by atoms with Gasteiger partial charge in [-0.1, -0.05) is 26.0 Å². The number of carbonyl (C=O) groups excluding carboxylic acids is 2. The lowest BCUT2D eigenvalue weighted by molar-refractivity contribution is -0.112. The number of hydrogen-bond donors (Lipinski definition) is 4. The van der Waals surface area contributed by atoms with Gasteiger partial charge in [-0.25, -0.2) is 4.79 Å². The number of nitrogens with two attached hydrogens (primary N) is 1. The van der Waals surface area contributed by atoms with Crippen molar-refractivity contribution in [2.24, 2.45) is 17.6 Å². The van der Waals surface area contributed by atoms with Crippen molar-refractivity contribution in [1.29, 1.82) is 0 Å². The van der Waals surface area contributed by atoms with Gasteiger partial charge in [0.25, 0.3) is 5.91 Å². The van der Waals surface area contributed by atoms with Gasteiger partial charge in [-0.2, -0.15) is 0 Å². The molecule has 1 aromatic carbocycles. The van der Waals surface area contributed by atoms with E-state index in [0.717, 1.165) is 0 Å². The van der Waals surface area contributed by atoms with Crippen LogP contribution in [0.1, 0.15) is 52.5 Å². The molecule has 0 radical (unpaired) electrons. The lowest BCUT2D eigenvalue weighted by Crippen LogP contribution is -2.37. The smallest absolute Gasteiger partial charge is 0.405 e. The zero-order chi connectivity index (χ0) is 27.7. The van der Waals surface area contributed by atoms with E-state index in [0.29, 0.717) is 48.1 Å². The van der Waals surface area contributed by atoms with E-state index >= 15 is 0 Å². The van der Waals surface area contributed by atoms with Crippen molar-refractivity contribution in [1.82, 2.24) is 0 Å². The number of amides is 2. The van der Waals surface area contributed by atoms with Crippen LogP contribution in [0.2, 0.25) is 0 Å². The minimum Gasteiger partial charge on any atom is -0.508 e. The first kappa shape index (κ1) is 30.3. The molecule has 0 aromatic heterocycles. The lowest BCUT2D eigenvalue weighted by atomic mass is 9.88. The molecule has 206 valence electrons. The Morgan fingerprint density at radius 3 is 2.43 bits per heavy atom. The number of allylic oxidation sites excluding steroid dienone is 1. The summed E-state index contributed by atoms with van der Waals surface area (Å²) >= 11 is 0. The molecule has 9 nitrogen and oxygen atoms in total. The Morgan fingerprint density at radius 2 is 1.81 bits per heavy atom. The van der Waals surface area contributed by atoms with Gasteiger partial charge in [0.15, 0.2) is 6.10 Å². The summed E-state index contributed by atoms with van der Waals surface area (Å²) in [7, 11) is 3.08. The van der Waals surface area contributed by atoms with E-state index < -0.39 is 30.5 Å². The van der Waals surface area contributed by atoms with Gasteiger partial charge in [-0.05, 0) is 74.8 Å². The molecule has 1 heterocycles. The maximum atomic E-state index is 12.8. The van der Waals surface area contributed by atoms with Crippen LogP contribution >= 0.6 is 0 Å². The molecule has 0 fully saturated rings. The summed E-state index contributed by atoms with van der Waals surface area (Å²) in [5.74, 6) is -0.373. The average molecular weight is 519 g/mol. The average Bonchev–Trinajstić information content (AvgIpc) is 2.84. The summed E-state index contributed by atoms with van der Waals surface area (Å²) < 4.78 is 16.7. The second kappa shape index (κ2) is 14.2. The van der Waals surface area contributed by atoms with Crippen molar-refractivity contribution >= 4 is 17.7 Å². The van der Waals surface area contributed by atoms with E-state index in [2.05, 4.69) is 5.32 Å². The monoisotopic (exact) mass is 518 g/mol. The number of primary amides is 1. The Labute approximate surface area is 219 Å². The number of phenolic OH excluding ortho intramolecular Hbond substituents is 1. The van der Waals surface area contributed by atoms with E-state index in [-0.39, 0.29) is 23.5 Å². The molecule has 0 saturated carbocycles. The van der Waals surface area contributed by atoms with Crippen molar-refractivity contribution in [2.75, 3.05) is 19.5 Å².